The molecule has 3 heterocycles. The van der Waals surface area contributed by atoms with Gasteiger partial charge in [-0.05, 0) is 49.4 Å². The first-order valence-electron chi connectivity index (χ1n) is 8.25. The first-order valence-corrected chi connectivity index (χ1v) is 9.06. The van der Waals surface area contributed by atoms with Crippen LogP contribution in [0.1, 0.15) is 33.0 Å². The minimum atomic E-state index is 0.199. The number of carbonyl (C=O) groups is 1. The molecule has 1 amide bonds. The van der Waals surface area contributed by atoms with Crippen molar-refractivity contribution in [2.24, 2.45) is 0 Å². The second-order valence-corrected chi connectivity index (χ2v) is 7.26. The molecule has 23 heavy (non-hydrogen) atoms. The van der Waals surface area contributed by atoms with Gasteiger partial charge < -0.3 is 9.80 Å². The van der Waals surface area contributed by atoms with Crippen LogP contribution in [0.25, 0.3) is 0 Å². The normalized spacial score (nSPS) is 17.9. The van der Waals surface area contributed by atoms with Gasteiger partial charge in [0.2, 0.25) is 0 Å². The van der Waals surface area contributed by atoms with Gasteiger partial charge in [0.25, 0.3) is 5.91 Å². The predicted octanol–water partition coefficient (Wildman–Crippen LogP) is 2.38. The summed E-state index contributed by atoms with van der Waals surface area (Å²) in [4.78, 5) is 19.3. The molecule has 0 atom stereocenters. The van der Waals surface area contributed by atoms with Crippen molar-refractivity contribution < 1.29 is 4.79 Å². The molecule has 0 bridgehead atoms. The fourth-order valence-electron chi connectivity index (χ4n) is 3.40. The van der Waals surface area contributed by atoms with E-state index >= 15 is 0 Å². The average molecular weight is 328 g/mol. The van der Waals surface area contributed by atoms with Crippen LogP contribution in [-0.4, -0.2) is 47.2 Å². The van der Waals surface area contributed by atoms with Crippen LogP contribution in [0.4, 0.5) is 5.82 Å². The van der Waals surface area contributed by atoms with Crippen LogP contribution >= 0.6 is 11.3 Å². The fourth-order valence-corrected chi connectivity index (χ4v) is 4.62. The summed E-state index contributed by atoms with van der Waals surface area (Å²) in [5.41, 5.74) is 1.40. The molecule has 1 saturated heterocycles. The number of thiophene rings is 1. The Morgan fingerprint density at radius 1 is 1.13 bits per heavy atom. The zero-order chi connectivity index (χ0) is 15.6. The average Bonchev–Trinajstić information content (AvgIpc) is 3.09. The number of carbonyl (C=O) groups excluding carboxylic acids is 1. The van der Waals surface area contributed by atoms with Gasteiger partial charge >= 0.3 is 0 Å². The maximum atomic E-state index is 12.8. The molecule has 5 nitrogen and oxygen atoms in total. The molecule has 1 aliphatic heterocycles. The number of fused-ring (bicyclic) bond motifs is 1. The quantitative estimate of drug-likeness (QED) is 0.849. The van der Waals surface area contributed by atoms with Crippen molar-refractivity contribution in [2.45, 2.75) is 25.7 Å². The molecular weight excluding hydrogens is 308 g/mol. The van der Waals surface area contributed by atoms with Crippen molar-refractivity contribution in [3.05, 3.63) is 39.7 Å². The third kappa shape index (κ3) is 2.95. The highest BCUT2D eigenvalue weighted by atomic mass is 32.1. The Hall–Kier alpha value is -1.95. The highest BCUT2D eigenvalue weighted by Crippen LogP contribution is 2.31. The molecule has 0 spiro atoms. The summed E-state index contributed by atoms with van der Waals surface area (Å²) in [6, 6.07) is 6.01. The predicted molar refractivity (Wildman–Crippen MR) is 91.1 cm³/mol. The van der Waals surface area contributed by atoms with Crippen LogP contribution in [0.2, 0.25) is 0 Å². The molecule has 0 N–H and O–H groups in total. The van der Waals surface area contributed by atoms with E-state index in [1.54, 1.807) is 17.5 Å². The number of aromatic nitrogens is 2. The molecule has 0 unspecified atom stereocenters. The molecule has 0 saturated carbocycles. The Balaban J connectivity index is 1.44. The van der Waals surface area contributed by atoms with E-state index in [-0.39, 0.29) is 5.91 Å². The number of amides is 1. The SMILES string of the molecule is O=C(c1cc2c(s1)CCC2)N1CCCN(c2cccnn2)CC1. The number of hydrogen-bond donors (Lipinski definition) is 0. The van der Waals surface area contributed by atoms with Gasteiger partial charge in [-0.25, -0.2) is 0 Å². The van der Waals surface area contributed by atoms with E-state index in [2.05, 4.69) is 21.2 Å². The maximum Gasteiger partial charge on any atom is 0.263 e. The van der Waals surface area contributed by atoms with Crippen molar-refractivity contribution in [2.75, 3.05) is 31.1 Å². The summed E-state index contributed by atoms with van der Waals surface area (Å²) >= 11 is 1.70. The van der Waals surface area contributed by atoms with Gasteiger partial charge in [-0.2, -0.15) is 5.10 Å². The summed E-state index contributed by atoms with van der Waals surface area (Å²) in [5, 5.41) is 8.13. The summed E-state index contributed by atoms with van der Waals surface area (Å²) in [5.74, 6) is 1.10. The molecule has 0 radical (unpaired) electrons. The molecule has 120 valence electrons. The molecule has 1 aliphatic carbocycles. The van der Waals surface area contributed by atoms with Gasteiger partial charge in [0.15, 0.2) is 5.82 Å². The molecule has 2 aliphatic rings. The van der Waals surface area contributed by atoms with E-state index in [0.717, 1.165) is 56.1 Å². The second kappa shape index (κ2) is 6.28. The first-order chi connectivity index (χ1) is 11.3. The monoisotopic (exact) mass is 328 g/mol. The highest BCUT2D eigenvalue weighted by molar-refractivity contribution is 7.14. The van der Waals surface area contributed by atoms with Gasteiger partial charge in [-0.15, -0.1) is 16.4 Å². The zero-order valence-electron chi connectivity index (χ0n) is 13.1. The van der Waals surface area contributed by atoms with Crippen LogP contribution in [0.3, 0.4) is 0 Å². The van der Waals surface area contributed by atoms with E-state index in [9.17, 15) is 4.79 Å². The number of nitrogens with zero attached hydrogens (tertiary/aromatic N) is 4. The van der Waals surface area contributed by atoms with E-state index in [0.29, 0.717) is 0 Å². The lowest BCUT2D eigenvalue weighted by Gasteiger charge is -2.22. The summed E-state index contributed by atoms with van der Waals surface area (Å²) in [7, 11) is 0. The Morgan fingerprint density at radius 2 is 2.09 bits per heavy atom. The molecule has 6 heteroatoms. The van der Waals surface area contributed by atoms with Crippen LogP contribution in [0.5, 0.6) is 0 Å². The lowest BCUT2D eigenvalue weighted by Crippen LogP contribution is -2.35. The summed E-state index contributed by atoms with van der Waals surface area (Å²) < 4.78 is 0. The van der Waals surface area contributed by atoms with Gasteiger partial charge in [-0.3, -0.25) is 4.79 Å². The standard InChI is InChI=1S/C17H20N4OS/c22-17(15-12-13-4-1-5-14(13)23-15)21-9-3-8-20(10-11-21)16-6-2-7-18-19-16/h2,6-7,12H,1,3-5,8-11H2. The van der Waals surface area contributed by atoms with Crippen molar-refractivity contribution in [1.82, 2.24) is 15.1 Å². The van der Waals surface area contributed by atoms with Crippen LogP contribution in [0, 0.1) is 0 Å². The minimum Gasteiger partial charge on any atom is -0.353 e. The van der Waals surface area contributed by atoms with Crippen LogP contribution in [0.15, 0.2) is 24.4 Å². The number of aryl methyl sites for hydroxylation is 2. The van der Waals surface area contributed by atoms with Crippen molar-refractivity contribution >= 4 is 23.1 Å². The van der Waals surface area contributed by atoms with Crippen molar-refractivity contribution in [3.63, 3.8) is 0 Å². The van der Waals surface area contributed by atoms with Gasteiger partial charge in [-0.1, -0.05) is 0 Å². The largest absolute Gasteiger partial charge is 0.353 e. The first kappa shape index (κ1) is 14.6. The summed E-state index contributed by atoms with van der Waals surface area (Å²) in [6.45, 7) is 3.30. The second-order valence-electron chi connectivity index (χ2n) is 6.13. The van der Waals surface area contributed by atoms with Gasteiger partial charge in [0.1, 0.15) is 0 Å². The molecule has 2 aromatic heterocycles. The van der Waals surface area contributed by atoms with E-state index < -0.39 is 0 Å². The Kier molecular flexibility index (Phi) is 3.99. The smallest absolute Gasteiger partial charge is 0.263 e. The van der Waals surface area contributed by atoms with E-state index in [1.807, 2.05) is 17.0 Å². The third-order valence-corrected chi connectivity index (χ3v) is 5.85. The topological polar surface area (TPSA) is 49.3 Å². The Morgan fingerprint density at radius 3 is 2.91 bits per heavy atom. The number of hydrogen-bond acceptors (Lipinski definition) is 5. The lowest BCUT2D eigenvalue weighted by molar-refractivity contribution is 0.0772. The molecule has 1 fully saturated rings. The molecule has 0 aromatic carbocycles. The summed E-state index contributed by atoms with van der Waals surface area (Å²) in [6.07, 6.45) is 6.18. The minimum absolute atomic E-state index is 0.199. The number of anilines is 1. The zero-order valence-corrected chi connectivity index (χ0v) is 13.9. The fraction of sp³-hybridized carbons (Fsp3) is 0.471. The maximum absolute atomic E-state index is 12.8. The van der Waals surface area contributed by atoms with Crippen LogP contribution < -0.4 is 4.90 Å². The third-order valence-electron chi connectivity index (χ3n) is 4.62. The molecule has 4 rings (SSSR count). The van der Waals surface area contributed by atoms with Crippen molar-refractivity contribution in [1.29, 1.82) is 0 Å². The Bertz CT molecular complexity index is 678. The lowest BCUT2D eigenvalue weighted by atomic mass is 10.2. The highest BCUT2D eigenvalue weighted by Gasteiger charge is 2.24. The number of rotatable bonds is 2. The van der Waals surface area contributed by atoms with Crippen molar-refractivity contribution in [3.8, 4) is 0 Å². The Labute approximate surface area is 139 Å². The molecular formula is C17H20N4OS. The van der Waals surface area contributed by atoms with Crippen LogP contribution in [-0.2, 0) is 12.8 Å². The molecule has 2 aromatic rings. The van der Waals surface area contributed by atoms with E-state index in [4.69, 9.17) is 0 Å². The van der Waals surface area contributed by atoms with Gasteiger partial charge in [0.05, 0.1) is 4.88 Å². The van der Waals surface area contributed by atoms with E-state index in [1.165, 1.54) is 16.9 Å². The van der Waals surface area contributed by atoms with Gasteiger partial charge in [0, 0.05) is 37.3 Å².